The van der Waals surface area contributed by atoms with Crippen molar-refractivity contribution in [3.63, 3.8) is 0 Å². The summed E-state index contributed by atoms with van der Waals surface area (Å²) < 4.78 is 5.23. The Balaban J connectivity index is 1.60. The van der Waals surface area contributed by atoms with Crippen molar-refractivity contribution in [1.29, 1.82) is 0 Å². The Morgan fingerprint density at radius 1 is 1.38 bits per heavy atom. The summed E-state index contributed by atoms with van der Waals surface area (Å²) in [4.78, 5) is 14.4. The number of nitrogens with zero attached hydrogens (tertiary/aromatic N) is 2. The zero-order chi connectivity index (χ0) is 14.8. The largest absolute Gasteiger partial charge is 0.356 e. The number of carbonyl (C=O) groups is 1. The van der Waals surface area contributed by atoms with Gasteiger partial charge in [-0.2, -0.15) is 0 Å². The molecule has 3 rings (SSSR count). The van der Waals surface area contributed by atoms with Crippen LogP contribution in [0.4, 0.5) is 0 Å². The summed E-state index contributed by atoms with van der Waals surface area (Å²) in [5, 5.41) is 8.05. The maximum Gasteiger partial charge on any atom is 0.226 e. The maximum atomic E-state index is 12.2. The number of fused-ring (bicyclic) bond motifs is 1. The third-order valence-electron chi connectivity index (χ3n) is 4.28. The molecule has 2 aromatic rings. The van der Waals surface area contributed by atoms with Crippen molar-refractivity contribution in [3.8, 4) is 0 Å². The molecular formula is C16H21N3O2. The van der Waals surface area contributed by atoms with Gasteiger partial charge in [-0.15, -0.1) is 0 Å². The van der Waals surface area contributed by atoms with E-state index in [9.17, 15) is 4.79 Å². The predicted octanol–water partition coefficient (Wildman–Crippen LogP) is 1.97. The highest BCUT2D eigenvalue weighted by molar-refractivity contribution is 5.86. The first-order chi connectivity index (χ1) is 10.1. The molecule has 1 fully saturated rings. The second-order valence-electron chi connectivity index (χ2n) is 6.00. The van der Waals surface area contributed by atoms with E-state index in [0.717, 1.165) is 30.2 Å². The fraction of sp³-hybridized carbons (Fsp3) is 0.500. The summed E-state index contributed by atoms with van der Waals surface area (Å²) in [6.45, 7) is 0. The van der Waals surface area contributed by atoms with Crippen LogP contribution in [0.5, 0.6) is 0 Å². The topological polar surface area (TPSA) is 58.4 Å². The Morgan fingerprint density at radius 2 is 2.19 bits per heavy atom. The van der Waals surface area contributed by atoms with Crippen LogP contribution in [-0.2, 0) is 11.2 Å². The maximum absolute atomic E-state index is 12.2. The molecule has 0 radical (unpaired) electrons. The van der Waals surface area contributed by atoms with E-state index in [4.69, 9.17) is 4.52 Å². The zero-order valence-corrected chi connectivity index (χ0v) is 12.5. The highest BCUT2D eigenvalue weighted by Crippen LogP contribution is 2.23. The highest BCUT2D eigenvalue weighted by Gasteiger charge is 2.27. The fourth-order valence-corrected chi connectivity index (χ4v) is 3.05. The van der Waals surface area contributed by atoms with E-state index in [1.54, 1.807) is 0 Å². The lowest BCUT2D eigenvalue weighted by Gasteiger charge is -2.19. The second kappa shape index (κ2) is 5.85. The van der Waals surface area contributed by atoms with Crippen LogP contribution in [0.1, 0.15) is 25.0 Å². The predicted molar refractivity (Wildman–Crippen MR) is 81.0 cm³/mol. The van der Waals surface area contributed by atoms with Crippen LogP contribution in [-0.4, -0.2) is 42.1 Å². The van der Waals surface area contributed by atoms with Gasteiger partial charge in [-0.1, -0.05) is 17.3 Å². The number of rotatable bonds is 4. The minimum Gasteiger partial charge on any atom is -0.356 e. The number of amides is 1. The Hall–Kier alpha value is -1.88. The molecule has 5 heteroatoms. The van der Waals surface area contributed by atoms with Gasteiger partial charge in [0.25, 0.3) is 0 Å². The highest BCUT2D eigenvalue weighted by atomic mass is 16.5. The van der Waals surface area contributed by atoms with E-state index >= 15 is 0 Å². The van der Waals surface area contributed by atoms with Crippen molar-refractivity contribution in [1.82, 2.24) is 15.4 Å². The minimum atomic E-state index is 0.0264. The van der Waals surface area contributed by atoms with E-state index in [-0.39, 0.29) is 18.4 Å². The lowest BCUT2D eigenvalue weighted by molar-refractivity contribution is -0.121. The van der Waals surface area contributed by atoms with Gasteiger partial charge in [0.15, 0.2) is 5.58 Å². The Morgan fingerprint density at radius 3 is 2.95 bits per heavy atom. The van der Waals surface area contributed by atoms with Gasteiger partial charge < -0.3 is 14.7 Å². The average Bonchev–Trinajstić information content (AvgIpc) is 3.07. The molecule has 21 heavy (non-hydrogen) atoms. The van der Waals surface area contributed by atoms with E-state index in [1.165, 1.54) is 0 Å². The molecule has 0 bridgehead atoms. The van der Waals surface area contributed by atoms with Crippen LogP contribution in [0.2, 0.25) is 0 Å². The number of nitrogens with one attached hydrogen (secondary N) is 1. The molecule has 0 aliphatic heterocycles. The lowest BCUT2D eigenvalue weighted by atomic mass is 10.1. The van der Waals surface area contributed by atoms with Crippen molar-refractivity contribution in [2.45, 2.75) is 37.8 Å². The van der Waals surface area contributed by atoms with E-state index in [2.05, 4.69) is 29.5 Å². The van der Waals surface area contributed by atoms with Gasteiger partial charge in [-0.25, -0.2) is 0 Å². The minimum absolute atomic E-state index is 0.0264. The molecular weight excluding hydrogens is 266 g/mol. The first-order valence-electron chi connectivity index (χ1n) is 7.42. The summed E-state index contributed by atoms with van der Waals surface area (Å²) in [6, 6.07) is 8.48. The van der Waals surface area contributed by atoms with Crippen LogP contribution in [0, 0.1) is 0 Å². The van der Waals surface area contributed by atoms with E-state index in [0.29, 0.717) is 11.7 Å². The zero-order valence-electron chi connectivity index (χ0n) is 12.5. The van der Waals surface area contributed by atoms with Gasteiger partial charge in [0.05, 0.1) is 6.42 Å². The van der Waals surface area contributed by atoms with Gasteiger partial charge in [0.1, 0.15) is 5.69 Å². The second-order valence-corrected chi connectivity index (χ2v) is 6.00. The summed E-state index contributed by atoms with van der Waals surface area (Å²) >= 11 is 0. The molecule has 0 spiro atoms. The van der Waals surface area contributed by atoms with E-state index < -0.39 is 0 Å². The third kappa shape index (κ3) is 3.08. The molecule has 1 amide bonds. The number of aromatic nitrogens is 1. The Bertz CT molecular complexity index is 635. The van der Waals surface area contributed by atoms with Crippen LogP contribution >= 0.6 is 0 Å². The smallest absolute Gasteiger partial charge is 0.226 e. The standard InChI is InChI=1S/C16H21N3O2/c1-19(2)12-8-7-11(9-12)17-16(20)10-14-13-5-3-4-6-15(13)21-18-14/h3-6,11-12H,7-10H2,1-2H3,(H,17,20)/t11-,12+/m0/s1. The van der Waals surface area contributed by atoms with Crippen LogP contribution in [0.3, 0.4) is 0 Å². The molecule has 1 aliphatic rings. The molecule has 5 nitrogen and oxygen atoms in total. The normalized spacial score (nSPS) is 22.0. The van der Waals surface area contributed by atoms with Gasteiger partial charge in [-0.3, -0.25) is 4.79 Å². The van der Waals surface area contributed by atoms with Crippen LogP contribution in [0.25, 0.3) is 11.0 Å². The molecule has 2 atom stereocenters. The third-order valence-corrected chi connectivity index (χ3v) is 4.28. The molecule has 1 heterocycles. The van der Waals surface area contributed by atoms with Crippen molar-refractivity contribution in [2.24, 2.45) is 0 Å². The number of hydrogen-bond acceptors (Lipinski definition) is 4. The van der Waals surface area contributed by atoms with Crippen molar-refractivity contribution in [2.75, 3.05) is 14.1 Å². The summed E-state index contributed by atoms with van der Waals surface area (Å²) in [6.07, 6.45) is 3.50. The quantitative estimate of drug-likeness (QED) is 0.934. The van der Waals surface area contributed by atoms with Crippen molar-refractivity contribution >= 4 is 16.9 Å². The number of hydrogen-bond donors (Lipinski definition) is 1. The number of benzene rings is 1. The molecule has 0 unspecified atom stereocenters. The first kappa shape index (κ1) is 14.1. The van der Waals surface area contributed by atoms with Gasteiger partial charge in [-0.05, 0) is 45.5 Å². The summed E-state index contributed by atoms with van der Waals surface area (Å²) in [5.74, 6) is 0.0264. The molecule has 1 N–H and O–H groups in total. The Kier molecular flexibility index (Phi) is 3.92. The van der Waals surface area contributed by atoms with Crippen LogP contribution < -0.4 is 5.32 Å². The summed E-state index contributed by atoms with van der Waals surface area (Å²) in [5.41, 5.74) is 1.44. The molecule has 0 saturated heterocycles. The number of carbonyl (C=O) groups excluding carboxylic acids is 1. The lowest BCUT2D eigenvalue weighted by Crippen LogP contribution is -2.35. The van der Waals surface area contributed by atoms with Crippen LogP contribution in [0.15, 0.2) is 28.8 Å². The van der Waals surface area contributed by atoms with Gasteiger partial charge >= 0.3 is 0 Å². The molecule has 1 aromatic heterocycles. The van der Waals surface area contributed by atoms with Gasteiger partial charge in [0.2, 0.25) is 5.91 Å². The first-order valence-corrected chi connectivity index (χ1v) is 7.42. The SMILES string of the molecule is CN(C)[C@@H]1CC[C@H](NC(=O)Cc2noc3ccccc23)C1. The molecule has 112 valence electrons. The monoisotopic (exact) mass is 287 g/mol. The van der Waals surface area contributed by atoms with Crippen molar-refractivity contribution < 1.29 is 9.32 Å². The number of para-hydroxylation sites is 1. The molecule has 1 aromatic carbocycles. The summed E-state index contributed by atoms with van der Waals surface area (Å²) in [7, 11) is 4.19. The Labute approximate surface area is 124 Å². The van der Waals surface area contributed by atoms with E-state index in [1.807, 2.05) is 24.3 Å². The van der Waals surface area contributed by atoms with Crippen molar-refractivity contribution in [3.05, 3.63) is 30.0 Å². The van der Waals surface area contributed by atoms with Gasteiger partial charge in [0, 0.05) is 17.5 Å². The molecule has 1 saturated carbocycles. The fourth-order valence-electron chi connectivity index (χ4n) is 3.05. The average molecular weight is 287 g/mol. The molecule has 1 aliphatic carbocycles.